The molecule has 0 aliphatic carbocycles. The molecule has 2 fully saturated rings. The van der Waals surface area contributed by atoms with Crippen LogP contribution in [-0.4, -0.2) is 75.7 Å². The Morgan fingerprint density at radius 3 is 2.56 bits per heavy atom. The number of carbonyl (C=O) groups is 1. The molecule has 0 spiro atoms. The van der Waals surface area contributed by atoms with Crippen LogP contribution in [0.2, 0.25) is 0 Å². The maximum atomic E-state index is 12.8. The summed E-state index contributed by atoms with van der Waals surface area (Å²) in [7, 11) is -1.48. The lowest BCUT2D eigenvalue weighted by Crippen LogP contribution is -2.61. The van der Waals surface area contributed by atoms with Crippen molar-refractivity contribution >= 4 is 21.7 Å². The van der Waals surface area contributed by atoms with Crippen LogP contribution in [-0.2, 0) is 16.9 Å². The van der Waals surface area contributed by atoms with Gasteiger partial charge in [0.1, 0.15) is 0 Å². The van der Waals surface area contributed by atoms with E-state index < -0.39 is 15.9 Å². The van der Waals surface area contributed by atoms with E-state index in [0.29, 0.717) is 24.6 Å². The fourth-order valence-corrected chi connectivity index (χ4v) is 5.57. The average Bonchev–Trinajstić information content (AvgIpc) is 3.16. The van der Waals surface area contributed by atoms with Crippen LogP contribution in [0.15, 0.2) is 30.9 Å². The van der Waals surface area contributed by atoms with Crippen molar-refractivity contribution in [1.82, 2.24) is 24.6 Å². The highest BCUT2D eigenvalue weighted by atomic mass is 32.2. The molecule has 132 valence electrons. The SMILES string of the molecule is Cn1cc(C(=O)N2CCN(c3ncccn3)[C@@H]3CS(=O)(=O)C[C@@H]32)cn1. The van der Waals surface area contributed by atoms with E-state index in [0.717, 1.165) is 0 Å². The fraction of sp³-hybridized carbons (Fsp3) is 0.467. The molecule has 0 bridgehead atoms. The molecule has 0 saturated carbocycles. The van der Waals surface area contributed by atoms with Crippen molar-refractivity contribution in [3.05, 3.63) is 36.4 Å². The maximum Gasteiger partial charge on any atom is 0.257 e. The third-order valence-corrected chi connectivity index (χ3v) is 6.40. The van der Waals surface area contributed by atoms with Crippen molar-refractivity contribution in [2.45, 2.75) is 12.1 Å². The smallest absolute Gasteiger partial charge is 0.257 e. The second-order valence-electron chi connectivity index (χ2n) is 6.36. The molecule has 0 radical (unpaired) electrons. The van der Waals surface area contributed by atoms with E-state index in [-0.39, 0.29) is 23.5 Å². The minimum atomic E-state index is -3.23. The number of hydrogen-bond acceptors (Lipinski definition) is 7. The normalized spacial score (nSPS) is 25.0. The van der Waals surface area contributed by atoms with Crippen molar-refractivity contribution in [3.8, 4) is 0 Å². The molecule has 2 atom stereocenters. The summed E-state index contributed by atoms with van der Waals surface area (Å²) in [5.74, 6) is 0.289. The fourth-order valence-electron chi connectivity index (χ4n) is 3.59. The summed E-state index contributed by atoms with van der Waals surface area (Å²) >= 11 is 0. The van der Waals surface area contributed by atoms with Crippen LogP contribution in [0.5, 0.6) is 0 Å². The number of sulfone groups is 1. The van der Waals surface area contributed by atoms with Gasteiger partial charge in [0.2, 0.25) is 5.95 Å². The first kappa shape index (κ1) is 16.0. The number of carbonyl (C=O) groups excluding carboxylic acids is 1. The first-order valence-electron chi connectivity index (χ1n) is 7.98. The lowest BCUT2D eigenvalue weighted by molar-refractivity contribution is 0.0647. The van der Waals surface area contributed by atoms with Gasteiger partial charge in [-0.15, -0.1) is 0 Å². The summed E-state index contributed by atoms with van der Waals surface area (Å²) in [6, 6.07) is 0.978. The number of amides is 1. The summed E-state index contributed by atoms with van der Waals surface area (Å²) in [5.41, 5.74) is 0.468. The zero-order valence-electron chi connectivity index (χ0n) is 13.7. The molecule has 2 aromatic rings. The Morgan fingerprint density at radius 2 is 1.88 bits per heavy atom. The lowest BCUT2D eigenvalue weighted by Gasteiger charge is -2.43. The van der Waals surface area contributed by atoms with Gasteiger partial charge in [0.05, 0.1) is 35.3 Å². The topological polar surface area (TPSA) is 101 Å². The molecule has 4 heterocycles. The predicted molar refractivity (Wildman–Crippen MR) is 89.9 cm³/mol. The maximum absolute atomic E-state index is 12.8. The molecular weight excluding hydrogens is 344 g/mol. The minimum absolute atomic E-state index is 0.00669. The lowest BCUT2D eigenvalue weighted by atomic mass is 10.0. The van der Waals surface area contributed by atoms with Crippen LogP contribution in [0.3, 0.4) is 0 Å². The molecule has 0 unspecified atom stereocenters. The molecule has 2 saturated heterocycles. The Labute approximate surface area is 145 Å². The van der Waals surface area contributed by atoms with Gasteiger partial charge in [-0.3, -0.25) is 9.48 Å². The minimum Gasteiger partial charge on any atom is -0.333 e. The van der Waals surface area contributed by atoms with Gasteiger partial charge in [0.25, 0.3) is 5.91 Å². The van der Waals surface area contributed by atoms with Crippen molar-refractivity contribution in [3.63, 3.8) is 0 Å². The molecular formula is C15H18N6O3S. The number of nitrogens with zero attached hydrogens (tertiary/aromatic N) is 6. The third kappa shape index (κ3) is 2.86. The van der Waals surface area contributed by atoms with E-state index in [9.17, 15) is 13.2 Å². The van der Waals surface area contributed by atoms with Crippen LogP contribution in [0.1, 0.15) is 10.4 Å². The first-order chi connectivity index (χ1) is 11.9. The van der Waals surface area contributed by atoms with Gasteiger partial charge < -0.3 is 9.80 Å². The van der Waals surface area contributed by atoms with Crippen molar-refractivity contribution in [1.29, 1.82) is 0 Å². The van der Waals surface area contributed by atoms with Crippen LogP contribution >= 0.6 is 0 Å². The second-order valence-corrected chi connectivity index (χ2v) is 8.51. The molecule has 25 heavy (non-hydrogen) atoms. The standard InChI is InChI=1S/C15H18N6O3S/c1-19-8-11(7-18-19)14(22)20-5-6-21(15-16-3-2-4-17-15)13-10-25(23,24)9-12(13)20/h2-4,7-8,12-13H,5-6,9-10H2,1H3/t12-,13+/m0/s1. The van der Waals surface area contributed by atoms with Crippen molar-refractivity contribution in [2.75, 3.05) is 29.5 Å². The quantitative estimate of drug-likeness (QED) is 0.699. The molecule has 2 aromatic heterocycles. The van der Waals surface area contributed by atoms with Gasteiger partial charge >= 0.3 is 0 Å². The Hall–Kier alpha value is -2.49. The number of aromatic nitrogens is 4. The van der Waals surface area contributed by atoms with E-state index in [1.54, 1.807) is 41.3 Å². The summed E-state index contributed by atoms with van der Waals surface area (Å²) in [6.07, 6.45) is 6.42. The molecule has 9 nitrogen and oxygen atoms in total. The Balaban J connectivity index is 1.66. The summed E-state index contributed by atoms with van der Waals surface area (Å²) in [6.45, 7) is 0.912. The summed E-state index contributed by atoms with van der Waals surface area (Å²) in [4.78, 5) is 24.9. The van der Waals surface area contributed by atoms with Crippen LogP contribution < -0.4 is 4.90 Å². The zero-order valence-corrected chi connectivity index (χ0v) is 14.5. The highest BCUT2D eigenvalue weighted by Crippen LogP contribution is 2.30. The second kappa shape index (κ2) is 5.80. The summed E-state index contributed by atoms with van der Waals surface area (Å²) < 4.78 is 26.1. The Morgan fingerprint density at radius 1 is 1.16 bits per heavy atom. The largest absolute Gasteiger partial charge is 0.333 e. The number of hydrogen-bond donors (Lipinski definition) is 0. The van der Waals surface area contributed by atoms with E-state index >= 15 is 0 Å². The van der Waals surface area contributed by atoms with Gasteiger partial charge in [-0.05, 0) is 6.07 Å². The van der Waals surface area contributed by atoms with Gasteiger partial charge in [-0.25, -0.2) is 18.4 Å². The Kier molecular flexibility index (Phi) is 3.71. The molecule has 0 N–H and O–H groups in total. The number of fused-ring (bicyclic) bond motifs is 1. The summed E-state index contributed by atoms with van der Waals surface area (Å²) in [5, 5.41) is 4.03. The van der Waals surface area contributed by atoms with E-state index in [2.05, 4.69) is 15.1 Å². The highest BCUT2D eigenvalue weighted by molar-refractivity contribution is 7.91. The van der Waals surface area contributed by atoms with Crippen LogP contribution in [0.4, 0.5) is 5.95 Å². The third-order valence-electron chi connectivity index (χ3n) is 4.70. The molecule has 2 aliphatic rings. The van der Waals surface area contributed by atoms with E-state index in [1.165, 1.54) is 6.20 Å². The predicted octanol–water partition coefficient (Wildman–Crippen LogP) is -0.662. The molecule has 0 aromatic carbocycles. The van der Waals surface area contributed by atoms with E-state index in [4.69, 9.17) is 0 Å². The Bertz CT molecular complexity index is 897. The highest BCUT2D eigenvalue weighted by Gasteiger charge is 2.49. The van der Waals surface area contributed by atoms with Crippen LogP contribution in [0.25, 0.3) is 0 Å². The van der Waals surface area contributed by atoms with Gasteiger partial charge in [0, 0.05) is 38.7 Å². The molecule has 2 aliphatic heterocycles. The van der Waals surface area contributed by atoms with E-state index in [1.807, 2.05) is 4.90 Å². The first-order valence-corrected chi connectivity index (χ1v) is 9.80. The van der Waals surface area contributed by atoms with Gasteiger partial charge in [-0.1, -0.05) is 0 Å². The van der Waals surface area contributed by atoms with Crippen molar-refractivity contribution < 1.29 is 13.2 Å². The van der Waals surface area contributed by atoms with Crippen molar-refractivity contribution in [2.24, 2.45) is 7.05 Å². The number of piperazine rings is 1. The molecule has 10 heteroatoms. The number of rotatable bonds is 2. The van der Waals surface area contributed by atoms with Gasteiger partial charge in [-0.2, -0.15) is 5.10 Å². The number of aryl methyl sites for hydroxylation is 1. The monoisotopic (exact) mass is 362 g/mol. The van der Waals surface area contributed by atoms with Gasteiger partial charge in [0.15, 0.2) is 9.84 Å². The zero-order chi connectivity index (χ0) is 17.6. The molecule has 4 rings (SSSR count). The number of anilines is 1. The average molecular weight is 362 g/mol. The van der Waals surface area contributed by atoms with Crippen LogP contribution in [0, 0.1) is 0 Å². The molecule has 1 amide bonds.